The van der Waals surface area contributed by atoms with E-state index in [4.69, 9.17) is 5.73 Å². The van der Waals surface area contributed by atoms with E-state index in [0.717, 1.165) is 0 Å². The quantitative estimate of drug-likeness (QED) is 0.576. The molecule has 1 aromatic heterocycles. The summed E-state index contributed by atoms with van der Waals surface area (Å²) in [6, 6.07) is 5.55. The van der Waals surface area contributed by atoms with Crippen LogP contribution in [0.4, 0.5) is 14.5 Å². The molecular formula is C13H15ClF2N6O3. The minimum atomic E-state index is -3.22. The Morgan fingerprint density at radius 3 is 2.76 bits per heavy atom. The van der Waals surface area contributed by atoms with Gasteiger partial charge >= 0.3 is 0 Å². The number of hydrogen-bond donors (Lipinski definition) is 2. The maximum atomic E-state index is 13.1. The molecule has 25 heavy (non-hydrogen) atoms. The fourth-order valence-electron chi connectivity index (χ4n) is 1.89. The Labute approximate surface area is 146 Å². The monoisotopic (exact) mass is 376 g/mol. The number of rotatable bonds is 6. The molecule has 0 aliphatic rings. The van der Waals surface area contributed by atoms with E-state index >= 15 is 0 Å². The highest BCUT2D eigenvalue weighted by Crippen LogP contribution is 2.18. The minimum Gasteiger partial charge on any atom is -0.344 e. The second kappa shape index (κ2) is 7.94. The molecule has 1 aromatic carbocycles. The lowest BCUT2D eigenvalue weighted by molar-refractivity contribution is -0.384. The van der Waals surface area contributed by atoms with Gasteiger partial charge in [0, 0.05) is 12.1 Å². The predicted octanol–water partition coefficient (Wildman–Crippen LogP) is 1.23. The van der Waals surface area contributed by atoms with Gasteiger partial charge < -0.3 is 11.1 Å². The number of non-ortho nitro benzene ring substituents is 1. The van der Waals surface area contributed by atoms with Crippen molar-refractivity contribution in [1.29, 1.82) is 0 Å². The maximum absolute atomic E-state index is 13.1. The molecule has 0 saturated heterocycles. The highest BCUT2D eigenvalue weighted by molar-refractivity contribution is 5.93. The largest absolute Gasteiger partial charge is 0.344 e. The summed E-state index contributed by atoms with van der Waals surface area (Å²) >= 11 is 0. The van der Waals surface area contributed by atoms with Crippen molar-refractivity contribution >= 4 is 24.0 Å². The van der Waals surface area contributed by atoms with Crippen molar-refractivity contribution in [3.63, 3.8) is 0 Å². The average Bonchev–Trinajstić information content (AvgIpc) is 2.94. The maximum Gasteiger partial charge on any atom is 0.277 e. The molecule has 9 nitrogen and oxygen atoms in total. The molecule has 0 unspecified atom stereocenters. The van der Waals surface area contributed by atoms with Gasteiger partial charge in [-0.1, -0.05) is 11.3 Å². The van der Waals surface area contributed by atoms with E-state index in [2.05, 4.69) is 10.3 Å². The number of carbonyl (C=O) groups excluding carboxylic acids is 1. The molecular weight excluding hydrogens is 362 g/mol. The first-order valence-electron chi connectivity index (χ1n) is 6.78. The van der Waals surface area contributed by atoms with Crippen LogP contribution in [-0.2, 0) is 0 Å². The second-order valence-corrected chi connectivity index (χ2v) is 4.95. The highest BCUT2D eigenvalue weighted by atomic mass is 35.5. The molecule has 0 atom stereocenters. The van der Waals surface area contributed by atoms with E-state index in [1.54, 1.807) is 6.07 Å². The van der Waals surface area contributed by atoms with E-state index in [1.807, 2.05) is 5.32 Å². The van der Waals surface area contributed by atoms with Gasteiger partial charge in [0.05, 0.1) is 29.4 Å². The lowest BCUT2D eigenvalue weighted by atomic mass is 10.2. The Bertz CT molecular complexity index is 783. The fourth-order valence-corrected chi connectivity index (χ4v) is 1.89. The van der Waals surface area contributed by atoms with Crippen LogP contribution in [0.15, 0.2) is 24.3 Å². The number of aromatic nitrogens is 3. The van der Waals surface area contributed by atoms with Crippen LogP contribution in [0, 0.1) is 17.0 Å². The van der Waals surface area contributed by atoms with Crippen molar-refractivity contribution < 1.29 is 18.5 Å². The summed E-state index contributed by atoms with van der Waals surface area (Å²) in [5.41, 5.74) is 5.15. The molecule has 12 heteroatoms. The molecule has 0 fully saturated rings. The number of nitrogens with two attached hydrogens (primary N) is 1. The molecule has 2 rings (SSSR count). The first kappa shape index (κ1) is 20.4. The average molecular weight is 377 g/mol. The third kappa shape index (κ3) is 4.67. The molecule has 0 radical (unpaired) electrons. The Balaban J connectivity index is 0.00000312. The smallest absolute Gasteiger partial charge is 0.277 e. The van der Waals surface area contributed by atoms with Gasteiger partial charge in [-0.2, -0.15) is 0 Å². The molecule has 1 amide bonds. The number of amides is 1. The zero-order chi connectivity index (χ0) is 17.9. The van der Waals surface area contributed by atoms with Crippen LogP contribution in [0.2, 0.25) is 0 Å². The Morgan fingerprint density at radius 1 is 1.48 bits per heavy atom. The predicted molar refractivity (Wildman–Crippen MR) is 86.3 cm³/mol. The van der Waals surface area contributed by atoms with Crippen molar-refractivity contribution in [3.8, 4) is 5.69 Å². The van der Waals surface area contributed by atoms with Gasteiger partial charge in [0.1, 0.15) is 0 Å². The van der Waals surface area contributed by atoms with E-state index in [-0.39, 0.29) is 29.5 Å². The van der Waals surface area contributed by atoms with E-state index < -0.39 is 29.8 Å². The zero-order valence-electron chi connectivity index (χ0n) is 13.0. The lowest BCUT2D eigenvalue weighted by Gasteiger charge is -2.13. The third-order valence-electron chi connectivity index (χ3n) is 3.20. The van der Waals surface area contributed by atoms with E-state index in [1.165, 1.54) is 29.8 Å². The number of alkyl halides is 2. The SMILES string of the molecule is Cc1c(C(=O)NCC(F)(F)CN)nnn1-c1cccc([N+](=O)[O-])c1.Cl. The Kier molecular flexibility index (Phi) is 6.48. The number of benzene rings is 1. The molecule has 2 aromatic rings. The van der Waals surface area contributed by atoms with Crippen LogP contribution >= 0.6 is 12.4 Å². The molecule has 3 N–H and O–H groups in total. The van der Waals surface area contributed by atoms with Gasteiger partial charge in [0.2, 0.25) is 0 Å². The number of nitrogens with one attached hydrogen (secondary N) is 1. The number of hydrogen-bond acceptors (Lipinski definition) is 6. The van der Waals surface area contributed by atoms with Gasteiger partial charge in [-0.3, -0.25) is 14.9 Å². The molecule has 0 aliphatic heterocycles. The number of nitro benzene ring substituents is 1. The van der Waals surface area contributed by atoms with Crippen LogP contribution in [0.5, 0.6) is 0 Å². The van der Waals surface area contributed by atoms with Crippen molar-refractivity contribution in [2.75, 3.05) is 13.1 Å². The Morgan fingerprint density at radius 2 is 2.16 bits per heavy atom. The van der Waals surface area contributed by atoms with E-state index in [0.29, 0.717) is 5.69 Å². The summed E-state index contributed by atoms with van der Waals surface area (Å²) in [5, 5.41) is 20.2. The summed E-state index contributed by atoms with van der Waals surface area (Å²) in [4.78, 5) is 22.2. The van der Waals surface area contributed by atoms with Crippen LogP contribution in [0.3, 0.4) is 0 Å². The minimum absolute atomic E-state index is 0. The van der Waals surface area contributed by atoms with Crippen LogP contribution in [0.1, 0.15) is 16.2 Å². The van der Waals surface area contributed by atoms with Crippen molar-refractivity contribution in [1.82, 2.24) is 20.3 Å². The topological polar surface area (TPSA) is 129 Å². The number of halogens is 3. The van der Waals surface area contributed by atoms with Crippen molar-refractivity contribution in [3.05, 3.63) is 45.8 Å². The van der Waals surface area contributed by atoms with Crippen LogP contribution in [-0.4, -0.2) is 44.8 Å². The molecule has 0 spiro atoms. The molecule has 0 saturated carbocycles. The van der Waals surface area contributed by atoms with Crippen molar-refractivity contribution in [2.45, 2.75) is 12.8 Å². The number of nitrogens with zero attached hydrogens (tertiary/aromatic N) is 4. The molecule has 1 heterocycles. The standard InChI is InChI=1S/C13H14F2N6O3.ClH/c1-8-11(12(22)17-7-13(14,15)6-16)18-19-20(8)9-3-2-4-10(5-9)21(23)24;/h2-5H,6-7,16H2,1H3,(H,17,22);1H. The second-order valence-electron chi connectivity index (χ2n) is 4.95. The molecule has 136 valence electrons. The highest BCUT2D eigenvalue weighted by Gasteiger charge is 2.28. The Hall–Kier alpha value is -2.66. The number of carbonyl (C=O) groups is 1. The summed E-state index contributed by atoms with van der Waals surface area (Å²) in [6.07, 6.45) is 0. The molecule has 0 aliphatic carbocycles. The normalized spacial score (nSPS) is 10.9. The first-order valence-corrected chi connectivity index (χ1v) is 6.78. The third-order valence-corrected chi connectivity index (χ3v) is 3.20. The zero-order valence-corrected chi connectivity index (χ0v) is 13.8. The van der Waals surface area contributed by atoms with Gasteiger partial charge in [0.25, 0.3) is 17.5 Å². The van der Waals surface area contributed by atoms with Crippen LogP contribution < -0.4 is 11.1 Å². The molecule has 0 bridgehead atoms. The van der Waals surface area contributed by atoms with Gasteiger partial charge in [-0.05, 0) is 13.0 Å². The summed E-state index contributed by atoms with van der Waals surface area (Å²) in [7, 11) is 0. The van der Waals surface area contributed by atoms with Gasteiger partial charge in [0.15, 0.2) is 5.69 Å². The number of nitro groups is 1. The van der Waals surface area contributed by atoms with Gasteiger partial charge in [-0.25, -0.2) is 13.5 Å². The van der Waals surface area contributed by atoms with Crippen LogP contribution in [0.25, 0.3) is 5.69 Å². The van der Waals surface area contributed by atoms with E-state index in [9.17, 15) is 23.7 Å². The fraction of sp³-hybridized carbons (Fsp3) is 0.308. The van der Waals surface area contributed by atoms with Gasteiger partial charge in [-0.15, -0.1) is 17.5 Å². The summed E-state index contributed by atoms with van der Waals surface area (Å²) < 4.78 is 27.4. The van der Waals surface area contributed by atoms with Crippen molar-refractivity contribution in [2.24, 2.45) is 5.73 Å². The summed E-state index contributed by atoms with van der Waals surface area (Å²) in [5.74, 6) is -4.06. The summed E-state index contributed by atoms with van der Waals surface area (Å²) in [6.45, 7) is -0.326. The lowest BCUT2D eigenvalue weighted by Crippen LogP contribution is -2.41. The first-order chi connectivity index (χ1) is 11.2.